The highest BCUT2D eigenvalue weighted by Gasteiger charge is 2.11. The van der Waals surface area contributed by atoms with E-state index in [0.717, 1.165) is 13.7 Å². The number of carbonyl (C=O) groups is 1. The van der Waals surface area contributed by atoms with Crippen molar-refractivity contribution < 1.29 is 9.90 Å². The SMILES string of the molecule is O=C(O)c1cncnc1CNc1cc(Br)ccc1I. The molecule has 0 fully saturated rings. The highest BCUT2D eigenvalue weighted by Crippen LogP contribution is 2.23. The Labute approximate surface area is 131 Å². The third-order valence-corrected chi connectivity index (χ3v) is 3.83. The molecule has 0 saturated heterocycles. The number of nitrogens with zero attached hydrogens (tertiary/aromatic N) is 2. The van der Waals surface area contributed by atoms with Gasteiger partial charge in [0, 0.05) is 19.9 Å². The second-order valence-electron chi connectivity index (χ2n) is 3.67. The van der Waals surface area contributed by atoms with Gasteiger partial charge in [-0.2, -0.15) is 0 Å². The molecule has 2 N–H and O–H groups in total. The van der Waals surface area contributed by atoms with Crippen molar-refractivity contribution in [2.75, 3.05) is 5.32 Å². The molecule has 0 unspecified atom stereocenters. The van der Waals surface area contributed by atoms with Crippen LogP contribution in [0.5, 0.6) is 0 Å². The molecule has 0 aliphatic carbocycles. The van der Waals surface area contributed by atoms with E-state index in [1.165, 1.54) is 12.5 Å². The summed E-state index contributed by atoms with van der Waals surface area (Å²) in [6.07, 6.45) is 2.65. The summed E-state index contributed by atoms with van der Waals surface area (Å²) in [6.45, 7) is 0.330. The van der Waals surface area contributed by atoms with Gasteiger partial charge in [-0.3, -0.25) is 0 Å². The first kappa shape index (κ1) is 14.2. The predicted molar refractivity (Wildman–Crippen MR) is 83.2 cm³/mol. The Kier molecular flexibility index (Phi) is 4.70. The van der Waals surface area contributed by atoms with Gasteiger partial charge in [0.1, 0.15) is 11.9 Å². The molecule has 1 aromatic carbocycles. The minimum Gasteiger partial charge on any atom is -0.478 e. The van der Waals surface area contributed by atoms with Gasteiger partial charge in [-0.25, -0.2) is 14.8 Å². The third kappa shape index (κ3) is 3.63. The smallest absolute Gasteiger partial charge is 0.339 e. The molecule has 0 aliphatic heterocycles. The van der Waals surface area contributed by atoms with Crippen molar-refractivity contribution in [1.82, 2.24) is 9.97 Å². The maximum atomic E-state index is 11.0. The van der Waals surface area contributed by atoms with E-state index in [-0.39, 0.29) is 5.56 Å². The van der Waals surface area contributed by atoms with Crippen molar-refractivity contribution in [3.63, 3.8) is 0 Å². The number of anilines is 1. The van der Waals surface area contributed by atoms with Crippen LogP contribution in [0, 0.1) is 3.57 Å². The first-order chi connectivity index (χ1) is 9.08. The first-order valence-corrected chi connectivity index (χ1v) is 7.16. The number of aromatic carboxylic acids is 1. The van der Waals surface area contributed by atoms with Crippen molar-refractivity contribution in [2.45, 2.75) is 6.54 Å². The molecule has 2 aromatic rings. The Morgan fingerprint density at radius 2 is 2.26 bits per heavy atom. The number of carboxylic acids is 1. The number of carboxylic acid groups (broad SMARTS) is 1. The molecular formula is C12H9BrIN3O2. The summed E-state index contributed by atoms with van der Waals surface area (Å²) in [6, 6.07) is 5.84. The summed E-state index contributed by atoms with van der Waals surface area (Å²) in [7, 11) is 0. The monoisotopic (exact) mass is 433 g/mol. The van der Waals surface area contributed by atoms with Crippen LogP contribution < -0.4 is 5.32 Å². The molecule has 19 heavy (non-hydrogen) atoms. The molecule has 0 atom stereocenters. The molecule has 0 bridgehead atoms. The second-order valence-corrected chi connectivity index (χ2v) is 5.74. The minimum atomic E-state index is -1.03. The fourth-order valence-corrected chi connectivity index (χ4v) is 2.37. The molecule has 0 aliphatic rings. The van der Waals surface area contributed by atoms with Crippen LogP contribution in [0.1, 0.15) is 16.1 Å². The van der Waals surface area contributed by atoms with Crippen molar-refractivity contribution in [2.24, 2.45) is 0 Å². The lowest BCUT2D eigenvalue weighted by Gasteiger charge is -2.10. The average molecular weight is 434 g/mol. The number of hydrogen-bond acceptors (Lipinski definition) is 4. The van der Waals surface area contributed by atoms with Crippen LogP contribution in [0.25, 0.3) is 0 Å². The van der Waals surface area contributed by atoms with Gasteiger partial charge in [-0.05, 0) is 40.8 Å². The van der Waals surface area contributed by atoms with Crippen LogP contribution in [0.15, 0.2) is 35.2 Å². The van der Waals surface area contributed by atoms with Gasteiger partial charge in [-0.1, -0.05) is 15.9 Å². The largest absolute Gasteiger partial charge is 0.478 e. The second kappa shape index (κ2) is 6.29. The van der Waals surface area contributed by atoms with E-state index in [1.54, 1.807) is 0 Å². The standard InChI is InChI=1S/C12H9BrIN3O2/c13-7-1-2-9(14)10(3-7)16-5-11-8(12(18)19)4-15-6-17-11/h1-4,6,16H,5H2,(H,18,19). The lowest BCUT2D eigenvalue weighted by atomic mass is 10.2. The number of hydrogen-bond donors (Lipinski definition) is 2. The Hall–Kier alpha value is -1.22. The zero-order valence-electron chi connectivity index (χ0n) is 9.60. The molecule has 7 heteroatoms. The summed E-state index contributed by atoms with van der Waals surface area (Å²) in [5.74, 6) is -1.03. The Bertz CT molecular complexity index is 622. The van der Waals surface area contributed by atoms with Gasteiger partial charge >= 0.3 is 5.97 Å². The van der Waals surface area contributed by atoms with Crippen molar-refractivity contribution >= 4 is 50.2 Å². The highest BCUT2D eigenvalue weighted by molar-refractivity contribution is 14.1. The average Bonchev–Trinajstić information content (AvgIpc) is 2.40. The fraction of sp³-hybridized carbons (Fsp3) is 0.0833. The Morgan fingerprint density at radius 1 is 1.47 bits per heavy atom. The van der Waals surface area contributed by atoms with Crippen LogP contribution in [0.4, 0.5) is 5.69 Å². The maximum Gasteiger partial charge on any atom is 0.339 e. The number of halogens is 2. The van der Waals surface area contributed by atoms with Gasteiger partial charge in [-0.15, -0.1) is 0 Å². The van der Waals surface area contributed by atoms with E-state index >= 15 is 0 Å². The van der Waals surface area contributed by atoms with Gasteiger partial charge in [0.05, 0.1) is 12.2 Å². The van der Waals surface area contributed by atoms with E-state index < -0.39 is 5.97 Å². The summed E-state index contributed by atoms with van der Waals surface area (Å²) in [5, 5.41) is 12.2. The van der Waals surface area contributed by atoms with Gasteiger partial charge in [0.25, 0.3) is 0 Å². The summed E-state index contributed by atoms with van der Waals surface area (Å²) < 4.78 is 2.00. The van der Waals surface area contributed by atoms with Crippen molar-refractivity contribution in [3.8, 4) is 0 Å². The quantitative estimate of drug-likeness (QED) is 0.724. The highest BCUT2D eigenvalue weighted by atomic mass is 127. The Morgan fingerprint density at radius 3 is 3.00 bits per heavy atom. The zero-order valence-corrected chi connectivity index (χ0v) is 13.3. The van der Waals surface area contributed by atoms with Crippen LogP contribution in [0.2, 0.25) is 0 Å². The molecule has 0 radical (unpaired) electrons. The number of rotatable bonds is 4. The van der Waals surface area contributed by atoms with Crippen LogP contribution >= 0.6 is 38.5 Å². The third-order valence-electron chi connectivity index (χ3n) is 2.40. The van der Waals surface area contributed by atoms with Crippen molar-refractivity contribution in [3.05, 3.63) is 50.0 Å². The number of nitrogens with one attached hydrogen (secondary N) is 1. The molecule has 2 rings (SSSR count). The molecule has 0 saturated carbocycles. The molecular weight excluding hydrogens is 425 g/mol. The lowest BCUT2D eigenvalue weighted by Crippen LogP contribution is -2.10. The zero-order chi connectivity index (χ0) is 13.8. The Balaban J connectivity index is 2.19. The van der Waals surface area contributed by atoms with E-state index in [1.807, 2.05) is 18.2 Å². The molecule has 5 nitrogen and oxygen atoms in total. The van der Waals surface area contributed by atoms with E-state index in [0.29, 0.717) is 12.2 Å². The topological polar surface area (TPSA) is 75.1 Å². The van der Waals surface area contributed by atoms with E-state index in [2.05, 4.69) is 53.8 Å². The van der Waals surface area contributed by atoms with Gasteiger partial charge in [0.15, 0.2) is 0 Å². The molecule has 98 valence electrons. The summed E-state index contributed by atoms with van der Waals surface area (Å²) in [5.41, 5.74) is 1.49. The van der Waals surface area contributed by atoms with Gasteiger partial charge < -0.3 is 10.4 Å². The summed E-state index contributed by atoms with van der Waals surface area (Å²) >= 11 is 5.61. The van der Waals surface area contributed by atoms with Crippen molar-refractivity contribution in [1.29, 1.82) is 0 Å². The van der Waals surface area contributed by atoms with E-state index in [9.17, 15) is 4.79 Å². The normalized spacial score (nSPS) is 10.2. The minimum absolute atomic E-state index is 0.111. The summed E-state index contributed by atoms with van der Waals surface area (Å²) in [4.78, 5) is 18.8. The van der Waals surface area contributed by atoms with Crippen LogP contribution in [-0.2, 0) is 6.54 Å². The maximum absolute atomic E-state index is 11.0. The molecule has 0 amide bonds. The lowest BCUT2D eigenvalue weighted by molar-refractivity contribution is 0.0694. The van der Waals surface area contributed by atoms with Crippen LogP contribution in [0.3, 0.4) is 0 Å². The molecule has 1 heterocycles. The first-order valence-electron chi connectivity index (χ1n) is 5.29. The number of aromatic nitrogens is 2. The molecule has 1 aromatic heterocycles. The predicted octanol–water partition coefficient (Wildman–Crippen LogP) is 3.15. The van der Waals surface area contributed by atoms with Gasteiger partial charge in [0.2, 0.25) is 0 Å². The molecule has 0 spiro atoms. The number of benzene rings is 1. The fourth-order valence-electron chi connectivity index (χ4n) is 1.49. The van der Waals surface area contributed by atoms with E-state index in [4.69, 9.17) is 5.11 Å². The van der Waals surface area contributed by atoms with Crippen LogP contribution in [-0.4, -0.2) is 21.0 Å².